The number of nitrogens with zero attached hydrogens (tertiary/aromatic N) is 2. The summed E-state index contributed by atoms with van der Waals surface area (Å²) in [6.45, 7) is 0. The summed E-state index contributed by atoms with van der Waals surface area (Å²) < 4.78 is 11.7. The monoisotopic (exact) mass is 105 g/mol. The Morgan fingerprint density at radius 3 is 2.57 bits per heavy atom. The fourth-order valence-corrected chi connectivity index (χ4v) is 0.280. The fraction of sp³-hybridized carbons (Fsp3) is 0. The van der Waals surface area contributed by atoms with Crippen molar-refractivity contribution in [1.29, 1.82) is 0 Å². The molecule has 0 spiro atoms. The zero-order valence-corrected chi connectivity index (χ0v) is 3.37. The first-order valence-corrected chi connectivity index (χ1v) is 1.67. The first-order valence-electron chi connectivity index (χ1n) is 1.67. The molecule has 0 radical (unpaired) electrons. The summed E-state index contributed by atoms with van der Waals surface area (Å²) in [5, 5.41) is 8.42. The van der Waals surface area contributed by atoms with Crippen molar-refractivity contribution >= 4 is 0 Å². The summed E-state index contributed by atoms with van der Waals surface area (Å²) in [6.07, 6.45) is 2.28. The van der Waals surface area contributed by atoms with Crippen molar-refractivity contribution in [2.75, 3.05) is 0 Å². The third-order valence-electron chi connectivity index (χ3n) is 0.569. The molecule has 0 aromatic rings. The Labute approximate surface area is 39.3 Å². The summed E-state index contributed by atoms with van der Waals surface area (Å²) in [5.41, 5.74) is 2.13. The van der Waals surface area contributed by atoms with Gasteiger partial charge in [-0.05, 0) is 0 Å². The average Bonchev–Trinajstić information content (AvgIpc) is 1.91. The lowest BCUT2D eigenvalue weighted by molar-refractivity contribution is -0.309. The lowest BCUT2D eigenvalue weighted by Crippen LogP contribution is -2.33. The molecule has 0 saturated carbocycles. The number of rotatable bonds is 0. The highest BCUT2D eigenvalue weighted by molar-refractivity contribution is 4.76. The summed E-state index contributed by atoms with van der Waals surface area (Å²) in [6, 6.07) is 0. The van der Waals surface area contributed by atoms with Gasteiger partial charge in [0.05, 0.1) is 6.20 Å². The van der Waals surface area contributed by atoms with Gasteiger partial charge in [0.1, 0.15) is 0 Å². The van der Waals surface area contributed by atoms with Gasteiger partial charge in [0.25, 0.3) is 0 Å². The molecular formula is C2H4FN3O. The lowest BCUT2D eigenvalue weighted by atomic mass is 11.0. The topological polar surface area (TPSA) is 38.7 Å². The molecule has 1 heterocycles. The standard InChI is InChI=1S/C2H4FN3O/c3-5-2-1-4-6(5)7/h1-2,4,7H. The van der Waals surface area contributed by atoms with Crippen LogP contribution in [0.2, 0.25) is 0 Å². The van der Waals surface area contributed by atoms with E-state index in [1.807, 2.05) is 0 Å². The summed E-state index contributed by atoms with van der Waals surface area (Å²) in [5.74, 6) is 0. The number of hydrazine groups is 2. The quantitative estimate of drug-likeness (QED) is 0.417. The van der Waals surface area contributed by atoms with E-state index in [4.69, 9.17) is 5.21 Å². The van der Waals surface area contributed by atoms with Crippen LogP contribution in [-0.2, 0) is 0 Å². The van der Waals surface area contributed by atoms with Crippen molar-refractivity contribution in [3.05, 3.63) is 12.4 Å². The Hall–Kier alpha value is -0.810. The minimum absolute atomic E-state index is 0. The second kappa shape index (κ2) is 1.36. The molecule has 1 aliphatic rings. The van der Waals surface area contributed by atoms with E-state index >= 15 is 0 Å². The predicted octanol–water partition coefficient (Wildman–Crippen LogP) is -0.231. The van der Waals surface area contributed by atoms with Gasteiger partial charge in [-0.2, -0.15) is 0 Å². The van der Waals surface area contributed by atoms with Gasteiger partial charge in [0, 0.05) is 11.5 Å². The molecule has 5 heteroatoms. The van der Waals surface area contributed by atoms with E-state index in [-0.39, 0.29) is 10.5 Å². The van der Waals surface area contributed by atoms with Gasteiger partial charge in [0.2, 0.25) is 0 Å². The molecule has 0 fully saturated rings. The summed E-state index contributed by atoms with van der Waals surface area (Å²) >= 11 is 0. The van der Waals surface area contributed by atoms with Crippen molar-refractivity contribution in [2.45, 2.75) is 0 Å². The molecule has 0 aromatic carbocycles. The molecule has 1 aliphatic heterocycles. The molecule has 7 heavy (non-hydrogen) atoms. The van der Waals surface area contributed by atoms with Crippen LogP contribution in [0.4, 0.5) is 4.48 Å². The summed E-state index contributed by atoms with van der Waals surface area (Å²) in [4.78, 5) is 0. The second-order valence-electron chi connectivity index (χ2n) is 1.02. The smallest absolute Gasteiger partial charge is 0.0733 e. The SMILES string of the molecule is ON1NC=CN1F. The first-order chi connectivity index (χ1) is 3.30. The lowest BCUT2D eigenvalue weighted by Gasteiger charge is -2.09. The molecule has 0 aliphatic carbocycles. The zero-order chi connectivity index (χ0) is 5.28. The summed E-state index contributed by atoms with van der Waals surface area (Å²) in [7, 11) is 0. The molecule has 4 nitrogen and oxygen atoms in total. The Balaban J connectivity index is 2.45. The highest BCUT2D eigenvalue weighted by atomic mass is 19.2. The van der Waals surface area contributed by atoms with E-state index in [2.05, 4.69) is 5.43 Å². The van der Waals surface area contributed by atoms with Crippen molar-refractivity contribution in [3.8, 4) is 0 Å². The third-order valence-corrected chi connectivity index (χ3v) is 0.569. The van der Waals surface area contributed by atoms with E-state index in [1.165, 1.54) is 6.20 Å². The maximum atomic E-state index is 11.7. The second-order valence-corrected chi connectivity index (χ2v) is 1.02. The van der Waals surface area contributed by atoms with Crippen LogP contribution in [0.15, 0.2) is 12.4 Å². The maximum Gasteiger partial charge on any atom is 0.0733 e. The zero-order valence-electron chi connectivity index (χ0n) is 3.37. The van der Waals surface area contributed by atoms with Crippen LogP contribution in [0.1, 0.15) is 0 Å². The van der Waals surface area contributed by atoms with Gasteiger partial charge in [-0.1, -0.05) is 4.48 Å². The number of hydrogen-bond acceptors (Lipinski definition) is 4. The van der Waals surface area contributed by atoms with Crippen LogP contribution < -0.4 is 5.43 Å². The Bertz CT molecular complexity index is 94.9. The Morgan fingerprint density at radius 1 is 1.71 bits per heavy atom. The third kappa shape index (κ3) is 0.625. The number of nitrogens with one attached hydrogen (secondary N) is 1. The molecule has 0 atom stereocenters. The highest BCUT2D eigenvalue weighted by Gasteiger charge is 2.09. The molecule has 0 unspecified atom stereocenters. The van der Waals surface area contributed by atoms with Crippen LogP contribution in [0.3, 0.4) is 0 Å². The molecule has 0 amide bonds. The van der Waals surface area contributed by atoms with Crippen LogP contribution >= 0.6 is 0 Å². The van der Waals surface area contributed by atoms with Gasteiger partial charge in [-0.3, -0.25) is 10.6 Å². The van der Waals surface area contributed by atoms with Gasteiger partial charge in [0.15, 0.2) is 0 Å². The Morgan fingerprint density at radius 2 is 2.43 bits per heavy atom. The van der Waals surface area contributed by atoms with Crippen molar-refractivity contribution in [3.63, 3.8) is 0 Å². The molecular weight excluding hydrogens is 101 g/mol. The van der Waals surface area contributed by atoms with Crippen molar-refractivity contribution < 1.29 is 9.69 Å². The van der Waals surface area contributed by atoms with Crippen molar-refractivity contribution in [2.24, 2.45) is 0 Å². The van der Waals surface area contributed by atoms with Gasteiger partial charge >= 0.3 is 0 Å². The molecule has 2 N–H and O–H groups in total. The average molecular weight is 105 g/mol. The number of halogens is 1. The number of hydrogen-bond donors (Lipinski definition) is 2. The van der Waals surface area contributed by atoms with E-state index in [0.29, 0.717) is 0 Å². The van der Waals surface area contributed by atoms with Crippen LogP contribution in [0.25, 0.3) is 0 Å². The van der Waals surface area contributed by atoms with Gasteiger partial charge < -0.3 is 0 Å². The Kier molecular flexibility index (Phi) is 0.844. The van der Waals surface area contributed by atoms with E-state index < -0.39 is 0 Å². The largest absolute Gasteiger partial charge is 0.281 e. The van der Waals surface area contributed by atoms with Gasteiger partial charge in [-0.15, -0.1) is 5.23 Å². The molecule has 0 bridgehead atoms. The van der Waals surface area contributed by atoms with Crippen LogP contribution in [0, 0.1) is 0 Å². The normalized spacial score (nSPS) is 20.6. The van der Waals surface area contributed by atoms with Crippen LogP contribution in [0.5, 0.6) is 0 Å². The van der Waals surface area contributed by atoms with Crippen LogP contribution in [-0.4, -0.2) is 15.7 Å². The molecule has 40 valence electrons. The fourth-order valence-electron chi connectivity index (χ4n) is 0.280. The van der Waals surface area contributed by atoms with E-state index in [1.54, 1.807) is 0 Å². The van der Waals surface area contributed by atoms with Crippen molar-refractivity contribution in [1.82, 2.24) is 15.9 Å². The minimum Gasteiger partial charge on any atom is -0.281 e. The highest BCUT2D eigenvalue weighted by Crippen LogP contribution is 1.97. The van der Waals surface area contributed by atoms with E-state index in [0.717, 1.165) is 6.20 Å². The predicted molar refractivity (Wildman–Crippen MR) is 18.8 cm³/mol. The minimum atomic E-state index is 0. The maximum absolute atomic E-state index is 11.7. The molecule has 1 rings (SSSR count). The van der Waals surface area contributed by atoms with E-state index in [9.17, 15) is 4.48 Å². The first kappa shape index (κ1) is 4.35. The molecule has 0 aromatic heterocycles. The van der Waals surface area contributed by atoms with Gasteiger partial charge in [-0.25, -0.2) is 0 Å². The molecule has 0 saturated heterocycles.